The first-order chi connectivity index (χ1) is 5.11. The summed E-state index contributed by atoms with van der Waals surface area (Å²) in [6.45, 7) is 7.47. The maximum absolute atomic E-state index is 4.86. The van der Waals surface area contributed by atoms with Crippen LogP contribution in [0.5, 0.6) is 0 Å². The van der Waals surface area contributed by atoms with E-state index >= 15 is 0 Å². The van der Waals surface area contributed by atoms with Gasteiger partial charge in [-0.15, -0.1) is 0 Å². The van der Waals surface area contributed by atoms with Gasteiger partial charge in [-0.2, -0.15) is 0 Å². The van der Waals surface area contributed by atoms with Crippen molar-refractivity contribution in [1.82, 2.24) is 0 Å². The monoisotopic (exact) mass is 217 g/mol. The summed E-state index contributed by atoms with van der Waals surface area (Å²) < 4.78 is 5.49. The molecule has 0 spiro atoms. The molecule has 0 saturated heterocycles. The van der Waals surface area contributed by atoms with Crippen LogP contribution in [0.1, 0.15) is 13.8 Å². The van der Waals surface area contributed by atoms with Gasteiger partial charge in [0.2, 0.25) is 0 Å². The number of allylic oxidation sites excluding steroid dienone is 3. The molecule has 0 aromatic rings. The normalized spacial score (nSPS) is 13.1. The van der Waals surface area contributed by atoms with Crippen molar-refractivity contribution in [2.75, 3.05) is 7.11 Å². The first kappa shape index (κ1) is 10.4. The van der Waals surface area contributed by atoms with Crippen molar-refractivity contribution in [2.45, 2.75) is 13.8 Å². The van der Waals surface area contributed by atoms with Gasteiger partial charge >= 0.3 is 0 Å². The second kappa shape index (κ2) is 5.13. The summed E-state index contributed by atoms with van der Waals surface area (Å²) in [5.41, 5.74) is 0.926. The molecule has 0 N–H and O–H groups in total. The van der Waals surface area contributed by atoms with Gasteiger partial charge in [-0.05, 0) is 29.8 Å². The van der Waals surface area contributed by atoms with Gasteiger partial charge in [-0.3, -0.25) is 0 Å². The fourth-order valence-electron chi connectivity index (χ4n) is 0.366. The molecule has 62 valence electrons. The average molecular weight is 218 g/mol. The Kier molecular flexibility index (Phi) is 4.86. The van der Waals surface area contributed by atoms with Crippen LogP contribution in [0.3, 0.4) is 0 Å². The molecule has 0 bridgehead atoms. The van der Waals surface area contributed by atoms with Crippen LogP contribution in [0.15, 0.2) is 29.1 Å². The number of aliphatic imine (C=N–C) groups is 1. The minimum absolute atomic E-state index is 0.534. The molecule has 0 aliphatic heterocycles. The highest BCUT2D eigenvalue weighted by molar-refractivity contribution is 9.18. The molecule has 0 aliphatic carbocycles. The largest absolute Gasteiger partial charge is 0.495 e. The van der Waals surface area contributed by atoms with Crippen molar-refractivity contribution in [2.24, 2.45) is 4.99 Å². The van der Waals surface area contributed by atoms with Gasteiger partial charge in [-0.25, -0.2) is 4.99 Å². The van der Waals surface area contributed by atoms with Crippen molar-refractivity contribution in [1.29, 1.82) is 0 Å². The van der Waals surface area contributed by atoms with Crippen molar-refractivity contribution >= 4 is 20.6 Å². The predicted octanol–water partition coefficient (Wildman–Crippen LogP) is 2.86. The molecule has 0 saturated carbocycles. The summed E-state index contributed by atoms with van der Waals surface area (Å²) in [5.74, 6) is 0.534. The Balaban J connectivity index is 4.34. The maximum atomic E-state index is 4.86. The van der Waals surface area contributed by atoms with E-state index in [0.29, 0.717) is 10.4 Å². The summed E-state index contributed by atoms with van der Waals surface area (Å²) in [6.07, 6.45) is 1.91. The van der Waals surface area contributed by atoms with Gasteiger partial charge in [0, 0.05) is 5.70 Å². The van der Waals surface area contributed by atoms with E-state index in [2.05, 4.69) is 27.5 Å². The van der Waals surface area contributed by atoms with Gasteiger partial charge in [0.1, 0.15) is 10.4 Å². The zero-order valence-electron chi connectivity index (χ0n) is 7.02. The van der Waals surface area contributed by atoms with Crippen molar-refractivity contribution in [3.8, 4) is 0 Å². The van der Waals surface area contributed by atoms with E-state index in [1.165, 1.54) is 0 Å². The molecular weight excluding hydrogens is 206 g/mol. The summed E-state index contributed by atoms with van der Waals surface area (Å²) in [7, 11) is 1.56. The van der Waals surface area contributed by atoms with Crippen LogP contribution in [0.25, 0.3) is 0 Å². The fourth-order valence-corrected chi connectivity index (χ4v) is 0.808. The Labute approximate surface area is 75.8 Å². The Morgan fingerprint density at radius 2 is 2.18 bits per heavy atom. The molecule has 0 heterocycles. The molecule has 0 aromatic heterocycles. The van der Waals surface area contributed by atoms with E-state index in [1.807, 2.05) is 19.9 Å². The number of rotatable bonds is 3. The lowest BCUT2D eigenvalue weighted by Gasteiger charge is -2.00. The number of hydrogen-bond acceptors (Lipinski definition) is 2. The molecule has 0 unspecified atom stereocenters. The number of halogens is 1. The van der Waals surface area contributed by atoms with Crippen molar-refractivity contribution in [3.05, 3.63) is 24.1 Å². The third-order valence-corrected chi connectivity index (χ3v) is 1.79. The molecule has 0 fully saturated rings. The van der Waals surface area contributed by atoms with E-state index in [4.69, 9.17) is 4.74 Å². The summed E-state index contributed by atoms with van der Waals surface area (Å²) >= 11 is 3.23. The standard InChI is InChI=1S/C8H12BrNO/c1-5-6(2)10-8(9)7(3)11-4/h5H,3H2,1-2,4H3. The Morgan fingerprint density at radius 1 is 1.64 bits per heavy atom. The number of nitrogens with zero attached hydrogens (tertiary/aromatic N) is 1. The van der Waals surface area contributed by atoms with Crippen LogP contribution < -0.4 is 0 Å². The molecular formula is C8H12BrNO. The van der Waals surface area contributed by atoms with Crippen molar-refractivity contribution < 1.29 is 4.74 Å². The molecule has 3 heteroatoms. The summed E-state index contributed by atoms with van der Waals surface area (Å²) in [4.78, 5) is 4.14. The maximum Gasteiger partial charge on any atom is 0.147 e. The average Bonchev–Trinajstić information content (AvgIpc) is 2.02. The topological polar surface area (TPSA) is 21.6 Å². The van der Waals surface area contributed by atoms with Crippen LogP contribution in [-0.4, -0.2) is 11.7 Å². The molecule has 11 heavy (non-hydrogen) atoms. The third kappa shape index (κ3) is 3.98. The molecule has 0 atom stereocenters. The zero-order chi connectivity index (χ0) is 8.85. The first-order valence-corrected chi connectivity index (χ1v) is 4.01. The van der Waals surface area contributed by atoms with Crippen LogP contribution in [0.4, 0.5) is 0 Å². The highest BCUT2D eigenvalue weighted by atomic mass is 79.9. The number of hydrogen-bond donors (Lipinski definition) is 0. The van der Waals surface area contributed by atoms with E-state index in [0.717, 1.165) is 5.70 Å². The molecule has 0 rings (SSSR count). The minimum atomic E-state index is 0.534. The van der Waals surface area contributed by atoms with Gasteiger partial charge in [0.15, 0.2) is 0 Å². The lowest BCUT2D eigenvalue weighted by atomic mass is 10.5. The lowest BCUT2D eigenvalue weighted by Crippen LogP contribution is -1.94. The highest BCUT2D eigenvalue weighted by Gasteiger charge is 1.98. The second-order valence-electron chi connectivity index (χ2n) is 1.96. The molecule has 0 radical (unpaired) electrons. The molecule has 0 aliphatic rings. The second-order valence-corrected chi connectivity index (χ2v) is 2.71. The number of ether oxygens (including phenoxy) is 1. The van der Waals surface area contributed by atoms with Gasteiger partial charge in [0.05, 0.1) is 7.11 Å². The Hall–Kier alpha value is -0.570. The number of methoxy groups -OCH3 is 1. The van der Waals surface area contributed by atoms with Gasteiger partial charge < -0.3 is 4.74 Å². The smallest absolute Gasteiger partial charge is 0.147 e. The van der Waals surface area contributed by atoms with E-state index in [-0.39, 0.29) is 0 Å². The van der Waals surface area contributed by atoms with Crippen molar-refractivity contribution in [3.63, 3.8) is 0 Å². The predicted molar refractivity (Wildman–Crippen MR) is 51.9 cm³/mol. The quantitative estimate of drug-likeness (QED) is 0.527. The zero-order valence-corrected chi connectivity index (χ0v) is 8.60. The van der Waals surface area contributed by atoms with E-state index < -0.39 is 0 Å². The van der Waals surface area contributed by atoms with E-state index in [9.17, 15) is 0 Å². The van der Waals surface area contributed by atoms with Crippen LogP contribution in [0.2, 0.25) is 0 Å². The SMILES string of the molecule is C=C(OC)C(Br)=NC(C)=CC. The van der Waals surface area contributed by atoms with E-state index in [1.54, 1.807) is 7.11 Å². The van der Waals surface area contributed by atoms with Crippen LogP contribution >= 0.6 is 15.9 Å². The minimum Gasteiger partial charge on any atom is -0.495 e. The Bertz CT molecular complexity index is 206. The molecule has 2 nitrogen and oxygen atoms in total. The lowest BCUT2D eigenvalue weighted by molar-refractivity contribution is 0.318. The van der Waals surface area contributed by atoms with Crippen LogP contribution in [-0.2, 0) is 4.74 Å². The van der Waals surface area contributed by atoms with Gasteiger partial charge in [-0.1, -0.05) is 12.7 Å². The molecule has 0 aromatic carbocycles. The summed E-state index contributed by atoms with van der Waals surface area (Å²) in [6, 6.07) is 0. The van der Waals surface area contributed by atoms with Gasteiger partial charge in [0.25, 0.3) is 0 Å². The molecule has 0 amide bonds. The highest BCUT2D eigenvalue weighted by Crippen LogP contribution is 2.06. The van der Waals surface area contributed by atoms with Crippen LogP contribution in [0, 0.1) is 0 Å². The third-order valence-electron chi connectivity index (χ3n) is 1.17. The fraction of sp³-hybridized carbons (Fsp3) is 0.375. The Morgan fingerprint density at radius 3 is 2.55 bits per heavy atom. The first-order valence-electron chi connectivity index (χ1n) is 3.22. The summed E-state index contributed by atoms with van der Waals surface area (Å²) in [5, 5.41) is 0.